The highest BCUT2D eigenvalue weighted by Crippen LogP contribution is 2.37. The highest BCUT2D eigenvalue weighted by atomic mass is 32.3. The van der Waals surface area contributed by atoms with Crippen LogP contribution in [0.15, 0.2) is 0 Å². The summed E-state index contributed by atoms with van der Waals surface area (Å²) in [5.74, 6) is -4.55. The van der Waals surface area contributed by atoms with E-state index >= 15 is 0 Å². The monoisotopic (exact) mass is 1170 g/mol. The van der Waals surface area contributed by atoms with Gasteiger partial charge in [-0.3, -0.25) is 27.3 Å². The number of carboxylic acid groups (broad SMARTS) is 2. The van der Waals surface area contributed by atoms with Crippen molar-refractivity contribution in [1.82, 2.24) is 9.44 Å². The smallest absolute Gasteiger partial charge is 0.397 e. The van der Waals surface area contributed by atoms with E-state index in [0.717, 1.165) is 4.72 Å². The van der Waals surface area contributed by atoms with Crippen molar-refractivity contribution >= 4 is 74.1 Å². The van der Waals surface area contributed by atoms with Crippen LogP contribution in [0.2, 0.25) is 0 Å². The zero-order valence-electron chi connectivity index (χ0n) is 33.9. The van der Waals surface area contributed by atoms with Gasteiger partial charge >= 0.3 is 74.1 Å². The fraction of sp³-hybridized carbons (Fsp3) is 0.917. The third kappa shape index (κ3) is 17.3. The average molecular weight is 1170 g/mol. The first-order chi connectivity index (χ1) is 32.1. The third-order valence-corrected chi connectivity index (χ3v) is 12.5. The molecule has 4 aliphatic rings. The number of rotatable bonds is 22. The number of hydrogen-bond acceptors (Lipinski definition) is 31. The van der Waals surface area contributed by atoms with Gasteiger partial charge < -0.3 is 74.0 Å². The minimum atomic E-state index is -6.15. The van der Waals surface area contributed by atoms with Crippen molar-refractivity contribution in [2.45, 2.75) is 123 Å². The summed E-state index contributed by atoms with van der Waals surface area (Å²) in [7, 11) is -34.9. The topological polar surface area (TPSA) is 648 Å². The van der Waals surface area contributed by atoms with Gasteiger partial charge in [0.05, 0.1) is 13.2 Å². The number of hydrogen-bond donors (Lipinski definition) is 16. The maximum atomic E-state index is 12.8. The summed E-state index contributed by atoms with van der Waals surface area (Å²) in [6.07, 6.45) is -50.7. The number of carbonyl (C=O) groups is 2. The Morgan fingerprint density at radius 3 is 1.32 bits per heavy atom. The van der Waals surface area contributed by atoms with Gasteiger partial charge in [-0.05, 0) is 0 Å². The highest BCUT2D eigenvalue weighted by molar-refractivity contribution is 7.84. The fourth-order valence-corrected chi connectivity index (χ4v) is 9.67. The molecular formula is C24H40N2O39S6. The molecule has 0 saturated carbocycles. The van der Waals surface area contributed by atoms with Crippen molar-refractivity contribution in [1.29, 1.82) is 0 Å². The standard InChI is InChI=1S/C24H40N2O39S6/c27-7-5(25-66(37,38)39)21(36)57-3(1-55-68(43,44)45)12(7)59-24-17(65-71(52,53)54)11(31)15(18(63-24)20(34)35)61-22-6(26-67(40,41)42)14(64-70(49,50)51)13(4(58-22)2-56-69(46,47)48)60-23-10(30)8(28)9(29)16(62-23)19(32)33/h3-18,21-31,36H,1-2H2,(H,32,33)(H,34,35)(H,37,38,39)(H,40,41,42)(H,43,44,45)(H,46,47,48)(H,49,50,51)(H,52,53,54)/t3-,4-,5-,6-,7-,8+,9+,10-,11+,12-,13-,14-,15+,16+,17-,18-,21+,22-,23-,24-/m1/s1. The van der Waals surface area contributed by atoms with E-state index in [4.69, 9.17) is 37.7 Å². The minimum Gasteiger partial charge on any atom is -0.479 e. The number of aliphatic hydroxyl groups is 6. The Morgan fingerprint density at radius 1 is 0.423 bits per heavy atom. The van der Waals surface area contributed by atoms with Crippen molar-refractivity contribution in [2.24, 2.45) is 0 Å². The van der Waals surface area contributed by atoms with Crippen LogP contribution in [-0.4, -0.2) is 267 Å². The molecule has 4 rings (SSSR count). The lowest BCUT2D eigenvalue weighted by molar-refractivity contribution is -0.367. The van der Waals surface area contributed by atoms with Crippen LogP contribution in [-0.2, 0) is 122 Å². The lowest BCUT2D eigenvalue weighted by Gasteiger charge is -2.50. The van der Waals surface area contributed by atoms with Crippen LogP contribution in [0.25, 0.3) is 0 Å². The summed E-state index contributed by atoms with van der Waals surface area (Å²) in [6, 6.07) is -5.57. The molecule has 0 bridgehead atoms. The summed E-state index contributed by atoms with van der Waals surface area (Å²) in [5, 5.41) is 83.5. The number of carboxylic acids is 2. The summed E-state index contributed by atoms with van der Waals surface area (Å²) < 4.78 is 255. The fourth-order valence-electron chi connectivity index (χ4n) is 6.87. The van der Waals surface area contributed by atoms with Gasteiger partial charge in [-0.1, -0.05) is 0 Å². The van der Waals surface area contributed by atoms with Crippen molar-refractivity contribution in [3.05, 3.63) is 0 Å². The maximum Gasteiger partial charge on any atom is 0.397 e. The van der Waals surface area contributed by atoms with Crippen molar-refractivity contribution in [2.75, 3.05) is 13.2 Å². The Labute approximate surface area is 396 Å². The molecular weight excluding hydrogens is 1130 g/mol. The van der Waals surface area contributed by atoms with E-state index in [1.807, 2.05) is 0 Å². The van der Waals surface area contributed by atoms with Crippen LogP contribution < -0.4 is 9.44 Å². The van der Waals surface area contributed by atoms with Gasteiger partial charge in [-0.15, -0.1) is 0 Å². The van der Waals surface area contributed by atoms with Gasteiger partial charge in [-0.25, -0.2) is 26.3 Å². The minimum absolute atomic E-state index is 1.15. The van der Waals surface area contributed by atoms with Gasteiger partial charge in [-0.2, -0.15) is 60.0 Å². The van der Waals surface area contributed by atoms with Gasteiger partial charge in [0.2, 0.25) is 0 Å². The molecule has 0 aliphatic carbocycles. The predicted octanol–water partition coefficient (Wildman–Crippen LogP) is -11.5. The largest absolute Gasteiger partial charge is 0.479 e. The number of aliphatic carboxylic acids is 2. The zero-order chi connectivity index (χ0) is 54.3. The molecule has 4 aliphatic heterocycles. The Balaban J connectivity index is 1.86. The second kappa shape index (κ2) is 22.9. The first kappa shape index (κ1) is 61.2. The number of aliphatic hydroxyl groups excluding tert-OH is 6. The Bertz CT molecular complexity index is 2580. The lowest BCUT2D eigenvalue weighted by atomic mass is 9.94. The third-order valence-electron chi connectivity index (χ3n) is 9.59. The lowest BCUT2D eigenvalue weighted by Crippen LogP contribution is -2.71. The van der Waals surface area contributed by atoms with E-state index in [1.54, 1.807) is 0 Å². The van der Waals surface area contributed by atoms with Crippen molar-refractivity contribution < 1.29 is 178 Å². The van der Waals surface area contributed by atoms with Crippen LogP contribution in [0.5, 0.6) is 0 Å². The van der Waals surface area contributed by atoms with E-state index < -0.39 is 210 Å². The second-order valence-electron chi connectivity index (χ2n) is 14.5. The summed E-state index contributed by atoms with van der Waals surface area (Å²) in [4.78, 5) is 24.5. The van der Waals surface area contributed by atoms with E-state index in [9.17, 15) is 124 Å². The molecule has 41 nitrogen and oxygen atoms in total. The van der Waals surface area contributed by atoms with Crippen LogP contribution in [0.3, 0.4) is 0 Å². The van der Waals surface area contributed by atoms with E-state index in [1.165, 1.54) is 4.72 Å². The molecule has 47 heteroatoms. The Morgan fingerprint density at radius 2 is 0.859 bits per heavy atom. The predicted molar refractivity (Wildman–Crippen MR) is 202 cm³/mol. The molecule has 4 heterocycles. The quantitative estimate of drug-likeness (QED) is 0.0448. The summed E-state index contributed by atoms with van der Waals surface area (Å²) >= 11 is 0. The van der Waals surface area contributed by atoms with Crippen molar-refractivity contribution in [3.63, 3.8) is 0 Å². The van der Waals surface area contributed by atoms with Crippen LogP contribution >= 0.6 is 0 Å². The molecule has 20 atom stereocenters. The van der Waals surface area contributed by atoms with Crippen molar-refractivity contribution in [3.8, 4) is 0 Å². The maximum absolute atomic E-state index is 12.8. The zero-order valence-corrected chi connectivity index (χ0v) is 38.8. The van der Waals surface area contributed by atoms with Gasteiger partial charge in [0.25, 0.3) is 0 Å². The molecule has 71 heavy (non-hydrogen) atoms. The molecule has 0 aromatic rings. The molecule has 4 fully saturated rings. The molecule has 0 amide bonds. The molecule has 416 valence electrons. The van der Waals surface area contributed by atoms with E-state index in [0.29, 0.717) is 0 Å². The highest BCUT2D eigenvalue weighted by Gasteiger charge is 2.60. The Kier molecular flexibility index (Phi) is 19.7. The van der Waals surface area contributed by atoms with Crippen LogP contribution in [0.1, 0.15) is 0 Å². The molecule has 0 spiro atoms. The molecule has 4 saturated heterocycles. The second-order valence-corrected chi connectivity index (χ2v) is 21.2. The number of nitrogens with one attached hydrogen (secondary N) is 2. The van der Waals surface area contributed by atoms with Gasteiger partial charge in [0.15, 0.2) is 43.5 Å². The first-order valence-electron chi connectivity index (χ1n) is 18.2. The average Bonchev–Trinajstić information content (AvgIpc) is 3.17. The number of ether oxygens (including phenoxy) is 7. The molecule has 0 aromatic heterocycles. The normalized spacial score (nSPS) is 39.2. The first-order valence-corrected chi connectivity index (χ1v) is 26.6. The summed E-state index contributed by atoms with van der Waals surface area (Å²) in [5.41, 5.74) is 0. The van der Waals surface area contributed by atoms with E-state index in [-0.39, 0.29) is 0 Å². The molecule has 16 N–H and O–H groups in total. The van der Waals surface area contributed by atoms with Crippen LogP contribution in [0.4, 0.5) is 0 Å². The molecule has 0 aromatic carbocycles. The summed E-state index contributed by atoms with van der Waals surface area (Å²) in [6.45, 7) is -3.41. The van der Waals surface area contributed by atoms with Gasteiger partial charge in [0, 0.05) is 0 Å². The van der Waals surface area contributed by atoms with E-state index in [2.05, 4.69) is 16.7 Å². The Hall–Kier alpha value is -2.36. The van der Waals surface area contributed by atoms with Gasteiger partial charge in [0.1, 0.15) is 79.2 Å². The molecule has 0 unspecified atom stereocenters. The van der Waals surface area contributed by atoms with Crippen LogP contribution in [0, 0.1) is 0 Å². The SMILES string of the molecule is O=C(O)[C@H]1O[C@@H](O[C@H]2[C@H](OS(=O)(=O)O)[C@@H](NS(=O)(=O)O)[C@@H](O[C@H]3[C@H](O)[C@@H](OS(=O)(=O)O)[C@H](O[C@H]4[C@H](O)[C@@H](NS(=O)(=O)O)[C@@H](O)O[C@@H]4COS(=O)(=O)O)O[C@H]3C(=O)O)O[C@@H]2COS(=O)(=O)O)[C@H](O)[C@@H](O)[C@@H]1O. The molecule has 0 radical (unpaired) electrons.